The number of nitrogens with zero attached hydrogens (tertiary/aromatic N) is 1. The number of carbonyl (C=O) groups is 1. The normalized spacial score (nSPS) is 13.2. The van der Waals surface area contributed by atoms with Gasteiger partial charge in [0.2, 0.25) is 5.75 Å². The van der Waals surface area contributed by atoms with Gasteiger partial charge in [0, 0.05) is 12.1 Å². The lowest BCUT2D eigenvalue weighted by Crippen LogP contribution is -2.36. The van der Waals surface area contributed by atoms with Gasteiger partial charge in [-0.25, -0.2) is 4.39 Å². The van der Waals surface area contributed by atoms with E-state index in [9.17, 15) is 9.18 Å². The molecule has 3 rings (SSSR count). The van der Waals surface area contributed by atoms with Gasteiger partial charge in [0.1, 0.15) is 5.82 Å². The fraction of sp³-hybridized carbons (Fsp3) is 0.316. The van der Waals surface area contributed by atoms with E-state index in [1.165, 1.54) is 32.3 Å². The molecule has 0 radical (unpaired) electrons. The van der Waals surface area contributed by atoms with Crippen molar-refractivity contribution < 1.29 is 23.4 Å². The second-order valence-corrected chi connectivity index (χ2v) is 5.72. The van der Waals surface area contributed by atoms with Crippen LogP contribution in [-0.2, 0) is 6.42 Å². The first-order valence-corrected chi connectivity index (χ1v) is 8.00. The molecule has 0 unspecified atom stereocenters. The van der Waals surface area contributed by atoms with Crippen LogP contribution in [0.3, 0.4) is 0 Å². The predicted octanol–water partition coefficient (Wildman–Crippen LogP) is 3.44. The highest BCUT2D eigenvalue weighted by molar-refractivity contribution is 6.07. The smallest absolute Gasteiger partial charge is 0.258 e. The number of carbonyl (C=O) groups excluding carboxylic acids is 1. The van der Waals surface area contributed by atoms with Gasteiger partial charge in [-0.05, 0) is 36.6 Å². The molecule has 1 aliphatic heterocycles. The molecule has 0 saturated carbocycles. The quantitative estimate of drug-likeness (QED) is 0.852. The summed E-state index contributed by atoms with van der Waals surface area (Å²) in [5, 5.41) is 0. The SMILES string of the molecule is COc1cc(C(=O)N2CCCc3cccc(F)c32)cc(OC)c1OC. The maximum Gasteiger partial charge on any atom is 0.258 e. The molecule has 1 heterocycles. The number of rotatable bonds is 4. The third kappa shape index (κ3) is 2.99. The maximum absolute atomic E-state index is 14.3. The average molecular weight is 345 g/mol. The Bertz CT molecular complexity index is 781. The molecule has 0 bridgehead atoms. The van der Waals surface area contributed by atoms with Gasteiger partial charge in [-0.3, -0.25) is 4.79 Å². The Morgan fingerprint density at radius 2 is 1.76 bits per heavy atom. The van der Waals surface area contributed by atoms with E-state index in [2.05, 4.69) is 0 Å². The molecule has 2 aromatic carbocycles. The van der Waals surface area contributed by atoms with E-state index in [4.69, 9.17) is 14.2 Å². The number of benzene rings is 2. The fourth-order valence-electron chi connectivity index (χ4n) is 3.17. The highest BCUT2D eigenvalue weighted by atomic mass is 19.1. The number of hydrogen-bond acceptors (Lipinski definition) is 4. The van der Waals surface area contributed by atoms with E-state index in [1.807, 2.05) is 6.07 Å². The number of anilines is 1. The lowest BCUT2D eigenvalue weighted by molar-refractivity contribution is 0.0983. The summed E-state index contributed by atoms with van der Waals surface area (Å²) in [5.74, 6) is 0.488. The van der Waals surface area contributed by atoms with Crippen LogP contribution in [0.5, 0.6) is 17.2 Å². The zero-order chi connectivity index (χ0) is 18.0. The van der Waals surface area contributed by atoms with Gasteiger partial charge in [0.25, 0.3) is 5.91 Å². The molecule has 25 heavy (non-hydrogen) atoms. The van der Waals surface area contributed by atoms with Gasteiger partial charge >= 0.3 is 0 Å². The molecule has 0 aromatic heterocycles. The van der Waals surface area contributed by atoms with Crippen molar-refractivity contribution in [3.8, 4) is 17.2 Å². The van der Waals surface area contributed by atoms with Crippen LogP contribution >= 0.6 is 0 Å². The summed E-state index contributed by atoms with van der Waals surface area (Å²) < 4.78 is 30.2. The second-order valence-electron chi connectivity index (χ2n) is 5.72. The third-order valence-electron chi connectivity index (χ3n) is 4.32. The lowest BCUT2D eigenvalue weighted by Gasteiger charge is -2.30. The minimum atomic E-state index is -0.391. The summed E-state index contributed by atoms with van der Waals surface area (Å²) in [4.78, 5) is 14.5. The number of aryl methyl sites for hydroxylation is 1. The number of ether oxygens (including phenoxy) is 3. The minimum Gasteiger partial charge on any atom is -0.493 e. The lowest BCUT2D eigenvalue weighted by atomic mass is 10.00. The molecule has 1 aliphatic rings. The van der Waals surface area contributed by atoms with E-state index in [0.29, 0.717) is 35.0 Å². The van der Waals surface area contributed by atoms with Crippen molar-refractivity contribution in [3.63, 3.8) is 0 Å². The predicted molar refractivity (Wildman–Crippen MR) is 92.5 cm³/mol. The van der Waals surface area contributed by atoms with Gasteiger partial charge in [-0.2, -0.15) is 0 Å². The van der Waals surface area contributed by atoms with E-state index in [-0.39, 0.29) is 5.91 Å². The zero-order valence-corrected chi connectivity index (χ0v) is 14.5. The second kappa shape index (κ2) is 7.01. The van der Waals surface area contributed by atoms with Gasteiger partial charge in [-0.15, -0.1) is 0 Å². The first kappa shape index (κ1) is 17.1. The highest BCUT2D eigenvalue weighted by Crippen LogP contribution is 2.39. The number of amides is 1. The minimum absolute atomic E-state index is 0.301. The van der Waals surface area contributed by atoms with Crippen molar-refractivity contribution >= 4 is 11.6 Å². The number of hydrogen-bond donors (Lipinski definition) is 0. The van der Waals surface area contributed by atoms with Crippen LogP contribution in [0.4, 0.5) is 10.1 Å². The highest BCUT2D eigenvalue weighted by Gasteiger charge is 2.28. The monoisotopic (exact) mass is 345 g/mol. The molecule has 0 spiro atoms. The van der Waals surface area contributed by atoms with Crippen molar-refractivity contribution in [1.29, 1.82) is 0 Å². The Hall–Kier alpha value is -2.76. The van der Waals surface area contributed by atoms with Crippen molar-refractivity contribution in [2.45, 2.75) is 12.8 Å². The Morgan fingerprint density at radius 3 is 2.36 bits per heavy atom. The number of para-hydroxylation sites is 1. The van der Waals surface area contributed by atoms with Gasteiger partial charge in [0.15, 0.2) is 11.5 Å². The first-order valence-electron chi connectivity index (χ1n) is 8.00. The van der Waals surface area contributed by atoms with Gasteiger partial charge in [-0.1, -0.05) is 12.1 Å². The standard InChI is InChI=1S/C19H20FNO4/c1-23-15-10-13(11-16(24-2)18(15)25-3)19(22)21-9-5-7-12-6-4-8-14(20)17(12)21/h4,6,8,10-11H,5,7,9H2,1-3H3. The van der Waals surface area contributed by atoms with E-state index >= 15 is 0 Å². The van der Waals surface area contributed by atoms with Crippen LogP contribution in [0.2, 0.25) is 0 Å². The molecular formula is C19H20FNO4. The Morgan fingerprint density at radius 1 is 1.08 bits per heavy atom. The van der Waals surface area contributed by atoms with Crippen LogP contribution in [0, 0.1) is 5.82 Å². The van der Waals surface area contributed by atoms with E-state index in [1.54, 1.807) is 18.2 Å². The molecule has 5 nitrogen and oxygen atoms in total. The Kier molecular flexibility index (Phi) is 4.79. The first-order chi connectivity index (χ1) is 12.1. The summed E-state index contributed by atoms with van der Waals surface area (Å²) in [5.41, 5.74) is 1.55. The Balaban J connectivity index is 2.06. The van der Waals surface area contributed by atoms with Crippen LogP contribution < -0.4 is 19.1 Å². The summed E-state index contributed by atoms with van der Waals surface area (Å²) in [6, 6.07) is 8.06. The van der Waals surface area contributed by atoms with Crippen LogP contribution in [0.15, 0.2) is 30.3 Å². The molecule has 0 fully saturated rings. The molecule has 0 aliphatic carbocycles. The fourth-order valence-corrected chi connectivity index (χ4v) is 3.17. The van der Waals surface area contributed by atoms with Crippen molar-refractivity contribution in [2.24, 2.45) is 0 Å². The summed E-state index contributed by atoms with van der Waals surface area (Å²) >= 11 is 0. The van der Waals surface area contributed by atoms with Crippen LogP contribution in [0.25, 0.3) is 0 Å². The molecule has 0 saturated heterocycles. The molecular weight excluding hydrogens is 325 g/mol. The summed E-state index contributed by atoms with van der Waals surface area (Å²) in [6.07, 6.45) is 1.54. The number of methoxy groups -OCH3 is 3. The third-order valence-corrected chi connectivity index (χ3v) is 4.32. The van der Waals surface area contributed by atoms with Crippen LogP contribution in [-0.4, -0.2) is 33.8 Å². The Labute approximate surface area is 145 Å². The van der Waals surface area contributed by atoms with Gasteiger partial charge in [0.05, 0.1) is 27.0 Å². The molecule has 1 amide bonds. The maximum atomic E-state index is 14.3. The number of halogens is 1. The van der Waals surface area contributed by atoms with E-state index < -0.39 is 5.82 Å². The van der Waals surface area contributed by atoms with Crippen molar-refractivity contribution in [1.82, 2.24) is 0 Å². The topological polar surface area (TPSA) is 48.0 Å². The molecule has 2 aromatic rings. The number of fused-ring (bicyclic) bond motifs is 1. The van der Waals surface area contributed by atoms with E-state index in [0.717, 1.165) is 18.4 Å². The van der Waals surface area contributed by atoms with Crippen molar-refractivity contribution in [3.05, 3.63) is 47.3 Å². The summed E-state index contributed by atoms with van der Waals surface area (Å²) in [7, 11) is 4.47. The molecule has 132 valence electrons. The molecule has 6 heteroatoms. The van der Waals surface area contributed by atoms with Crippen molar-refractivity contribution in [2.75, 3.05) is 32.8 Å². The van der Waals surface area contributed by atoms with Crippen LogP contribution in [0.1, 0.15) is 22.3 Å². The average Bonchev–Trinajstić information content (AvgIpc) is 2.65. The molecule has 0 N–H and O–H groups in total. The van der Waals surface area contributed by atoms with Gasteiger partial charge < -0.3 is 19.1 Å². The molecule has 0 atom stereocenters. The zero-order valence-electron chi connectivity index (χ0n) is 14.5. The largest absolute Gasteiger partial charge is 0.493 e. The summed E-state index contributed by atoms with van der Waals surface area (Å²) in [6.45, 7) is 0.462.